The lowest BCUT2D eigenvalue weighted by molar-refractivity contribution is 0.0737. The normalized spacial score (nSPS) is 16.5. The van der Waals surface area contributed by atoms with Crippen LogP contribution in [0, 0.1) is 0 Å². The molecular weight excluding hydrogens is 330 g/mol. The Morgan fingerprint density at radius 3 is 2.19 bits per heavy atom. The van der Waals surface area contributed by atoms with Crippen molar-refractivity contribution in [3.63, 3.8) is 0 Å². The van der Waals surface area contributed by atoms with E-state index in [0.29, 0.717) is 22.6 Å². The minimum atomic E-state index is -0.474. The number of hydrogen-bond acceptors (Lipinski definition) is 4. The van der Waals surface area contributed by atoms with Gasteiger partial charge in [0.25, 0.3) is 5.91 Å². The summed E-state index contributed by atoms with van der Waals surface area (Å²) >= 11 is 0. The SMILES string of the molecule is CNCC1CCCN1C(=O)c1ccc(Oc2ccc(C(N)=O)cc2)cc1. The first-order valence-electron chi connectivity index (χ1n) is 8.72. The van der Waals surface area contributed by atoms with Gasteiger partial charge in [0.15, 0.2) is 0 Å². The maximum absolute atomic E-state index is 12.7. The minimum Gasteiger partial charge on any atom is -0.457 e. The summed E-state index contributed by atoms with van der Waals surface area (Å²) in [5, 5.41) is 3.15. The number of carbonyl (C=O) groups is 2. The molecule has 2 aromatic carbocycles. The molecule has 0 radical (unpaired) electrons. The first kappa shape index (κ1) is 17.9. The number of rotatable bonds is 6. The van der Waals surface area contributed by atoms with E-state index >= 15 is 0 Å². The molecule has 1 saturated heterocycles. The van der Waals surface area contributed by atoms with Crippen molar-refractivity contribution >= 4 is 11.8 Å². The topological polar surface area (TPSA) is 84.7 Å². The highest BCUT2D eigenvalue weighted by molar-refractivity contribution is 5.94. The van der Waals surface area contributed by atoms with Crippen LogP contribution in [0.4, 0.5) is 0 Å². The van der Waals surface area contributed by atoms with E-state index in [2.05, 4.69) is 5.32 Å². The third-order valence-electron chi connectivity index (χ3n) is 4.55. The smallest absolute Gasteiger partial charge is 0.254 e. The number of benzene rings is 2. The van der Waals surface area contributed by atoms with E-state index in [0.717, 1.165) is 25.9 Å². The van der Waals surface area contributed by atoms with Gasteiger partial charge in [-0.3, -0.25) is 9.59 Å². The average molecular weight is 353 g/mol. The van der Waals surface area contributed by atoms with Crippen molar-refractivity contribution in [1.82, 2.24) is 10.2 Å². The van der Waals surface area contributed by atoms with Crippen LogP contribution in [-0.4, -0.2) is 42.9 Å². The Kier molecular flexibility index (Phi) is 5.53. The minimum absolute atomic E-state index is 0.0557. The fourth-order valence-electron chi connectivity index (χ4n) is 3.21. The molecule has 3 rings (SSSR count). The monoisotopic (exact) mass is 353 g/mol. The number of likely N-dealkylation sites (N-methyl/N-ethyl adjacent to an activating group) is 1. The lowest BCUT2D eigenvalue weighted by Gasteiger charge is -2.24. The maximum Gasteiger partial charge on any atom is 0.254 e. The molecule has 1 heterocycles. The van der Waals surface area contributed by atoms with Crippen molar-refractivity contribution in [2.75, 3.05) is 20.1 Å². The van der Waals surface area contributed by atoms with Gasteiger partial charge < -0.3 is 20.7 Å². The summed E-state index contributed by atoms with van der Waals surface area (Å²) < 4.78 is 5.75. The molecule has 6 heteroatoms. The van der Waals surface area contributed by atoms with Crippen LogP contribution < -0.4 is 15.8 Å². The van der Waals surface area contributed by atoms with E-state index in [4.69, 9.17) is 10.5 Å². The standard InChI is InChI=1S/C20H23N3O3/c1-22-13-16-3-2-12-23(16)20(25)15-6-10-18(11-7-15)26-17-8-4-14(5-9-17)19(21)24/h4-11,16,22H,2-3,12-13H2,1H3,(H2,21,24). The fourth-order valence-corrected chi connectivity index (χ4v) is 3.21. The van der Waals surface area contributed by atoms with Gasteiger partial charge in [-0.15, -0.1) is 0 Å². The van der Waals surface area contributed by atoms with Gasteiger partial charge in [0, 0.05) is 30.3 Å². The number of hydrogen-bond donors (Lipinski definition) is 2. The summed E-state index contributed by atoms with van der Waals surface area (Å²) in [5.41, 5.74) is 6.31. The van der Waals surface area contributed by atoms with Crippen LogP contribution in [0.5, 0.6) is 11.5 Å². The molecule has 0 spiro atoms. The van der Waals surface area contributed by atoms with Crippen molar-refractivity contribution in [2.45, 2.75) is 18.9 Å². The number of nitrogens with two attached hydrogens (primary N) is 1. The average Bonchev–Trinajstić information content (AvgIpc) is 3.11. The molecule has 0 aliphatic carbocycles. The first-order valence-corrected chi connectivity index (χ1v) is 8.72. The van der Waals surface area contributed by atoms with Crippen LogP contribution in [0.15, 0.2) is 48.5 Å². The molecule has 1 aliphatic heterocycles. The van der Waals surface area contributed by atoms with Crippen LogP contribution in [0.25, 0.3) is 0 Å². The lowest BCUT2D eigenvalue weighted by Crippen LogP contribution is -2.40. The third-order valence-corrected chi connectivity index (χ3v) is 4.55. The molecule has 2 amide bonds. The Balaban J connectivity index is 1.66. The summed E-state index contributed by atoms with van der Waals surface area (Å²) in [6.07, 6.45) is 2.08. The molecule has 26 heavy (non-hydrogen) atoms. The summed E-state index contributed by atoms with van der Waals surface area (Å²) in [6.45, 7) is 1.61. The second-order valence-electron chi connectivity index (χ2n) is 6.37. The van der Waals surface area contributed by atoms with Crippen LogP contribution in [0.2, 0.25) is 0 Å². The second kappa shape index (κ2) is 8.01. The molecular formula is C20H23N3O3. The molecule has 1 aliphatic rings. The molecule has 0 bridgehead atoms. The number of primary amides is 1. The zero-order valence-electron chi connectivity index (χ0n) is 14.8. The van der Waals surface area contributed by atoms with Gasteiger partial charge in [0.05, 0.1) is 0 Å². The zero-order valence-corrected chi connectivity index (χ0v) is 14.8. The molecule has 0 aromatic heterocycles. The molecule has 1 unspecified atom stereocenters. The van der Waals surface area contributed by atoms with Crippen LogP contribution >= 0.6 is 0 Å². The van der Waals surface area contributed by atoms with Crippen molar-refractivity contribution in [1.29, 1.82) is 0 Å². The summed E-state index contributed by atoms with van der Waals surface area (Å²) in [5.74, 6) is 0.808. The number of nitrogens with one attached hydrogen (secondary N) is 1. The predicted octanol–water partition coefficient (Wildman–Crippen LogP) is 2.40. The molecule has 2 aromatic rings. The van der Waals surface area contributed by atoms with Crippen LogP contribution in [-0.2, 0) is 0 Å². The highest BCUT2D eigenvalue weighted by Gasteiger charge is 2.28. The number of amides is 2. The predicted molar refractivity (Wildman–Crippen MR) is 99.5 cm³/mol. The zero-order chi connectivity index (χ0) is 18.5. The Morgan fingerprint density at radius 2 is 1.65 bits per heavy atom. The van der Waals surface area contributed by atoms with E-state index in [9.17, 15) is 9.59 Å². The molecule has 1 fully saturated rings. The van der Waals surface area contributed by atoms with Crippen LogP contribution in [0.3, 0.4) is 0 Å². The Hall–Kier alpha value is -2.86. The van der Waals surface area contributed by atoms with E-state index in [1.807, 2.05) is 11.9 Å². The van der Waals surface area contributed by atoms with Gasteiger partial charge in [-0.05, 0) is 68.4 Å². The third kappa shape index (κ3) is 4.03. The van der Waals surface area contributed by atoms with Crippen molar-refractivity contribution in [3.05, 3.63) is 59.7 Å². The molecule has 6 nitrogen and oxygen atoms in total. The number of carbonyl (C=O) groups excluding carboxylic acids is 2. The first-order chi connectivity index (χ1) is 12.6. The number of nitrogens with zero attached hydrogens (tertiary/aromatic N) is 1. The van der Waals surface area contributed by atoms with Crippen molar-refractivity contribution < 1.29 is 14.3 Å². The maximum atomic E-state index is 12.7. The largest absolute Gasteiger partial charge is 0.457 e. The summed E-state index contributed by atoms with van der Waals surface area (Å²) in [7, 11) is 1.91. The Morgan fingerprint density at radius 1 is 1.08 bits per heavy atom. The number of ether oxygens (including phenoxy) is 1. The van der Waals surface area contributed by atoms with E-state index in [1.54, 1.807) is 48.5 Å². The Bertz CT molecular complexity index is 772. The fraction of sp³-hybridized carbons (Fsp3) is 0.300. The molecule has 0 saturated carbocycles. The molecule has 1 atom stereocenters. The van der Waals surface area contributed by atoms with Gasteiger partial charge in [0.1, 0.15) is 11.5 Å². The second-order valence-corrected chi connectivity index (χ2v) is 6.37. The van der Waals surface area contributed by atoms with Gasteiger partial charge in [-0.25, -0.2) is 0 Å². The summed E-state index contributed by atoms with van der Waals surface area (Å²) in [4.78, 5) is 25.7. The molecule has 3 N–H and O–H groups in total. The summed E-state index contributed by atoms with van der Waals surface area (Å²) in [6, 6.07) is 14.0. The van der Waals surface area contributed by atoms with Crippen molar-refractivity contribution in [2.24, 2.45) is 5.73 Å². The van der Waals surface area contributed by atoms with E-state index < -0.39 is 5.91 Å². The van der Waals surface area contributed by atoms with Crippen LogP contribution in [0.1, 0.15) is 33.6 Å². The quantitative estimate of drug-likeness (QED) is 0.835. The van der Waals surface area contributed by atoms with E-state index in [1.165, 1.54) is 0 Å². The van der Waals surface area contributed by atoms with Gasteiger partial charge in [-0.1, -0.05) is 0 Å². The van der Waals surface area contributed by atoms with E-state index in [-0.39, 0.29) is 11.9 Å². The lowest BCUT2D eigenvalue weighted by atomic mass is 10.1. The highest BCUT2D eigenvalue weighted by Crippen LogP contribution is 2.24. The Labute approximate surface area is 152 Å². The molecule has 136 valence electrons. The highest BCUT2D eigenvalue weighted by atomic mass is 16.5. The van der Waals surface area contributed by atoms with Gasteiger partial charge in [-0.2, -0.15) is 0 Å². The van der Waals surface area contributed by atoms with Gasteiger partial charge in [0.2, 0.25) is 5.91 Å². The van der Waals surface area contributed by atoms with Gasteiger partial charge >= 0.3 is 0 Å². The van der Waals surface area contributed by atoms with Crippen molar-refractivity contribution in [3.8, 4) is 11.5 Å². The number of likely N-dealkylation sites (tertiary alicyclic amines) is 1.